The summed E-state index contributed by atoms with van der Waals surface area (Å²) >= 11 is 0. The van der Waals surface area contributed by atoms with Crippen LogP contribution in [0.1, 0.15) is 26.2 Å². The Morgan fingerprint density at radius 2 is 2.07 bits per heavy atom. The molecule has 0 radical (unpaired) electrons. The molecule has 0 bridgehead atoms. The van der Waals surface area contributed by atoms with Crippen LogP contribution in [-0.2, 0) is 4.79 Å². The highest BCUT2D eigenvalue weighted by atomic mass is 16.1. The molecule has 0 saturated heterocycles. The maximum atomic E-state index is 11.2. The fourth-order valence-electron chi connectivity index (χ4n) is 2.04. The normalized spacial score (nSPS) is 18.7. The molecule has 1 aliphatic carbocycles. The zero-order valence-electron chi connectivity index (χ0n) is 10.1. The second-order valence-corrected chi connectivity index (χ2v) is 4.53. The van der Waals surface area contributed by atoms with Crippen molar-refractivity contribution >= 4 is 5.91 Å². The molecule has 0 aromatic rings. The third-order valence-corrected chi connectivity index (χ3v) is 3.35. The quantitative estimate of drug-likeness (QED) is 0.662. The van der Waals surface area contributed by atoms with E-state index in [-0.39, 0.29) is 5.91 Å². The van der Waals surface area contributed by atoms with Gasteiger partial charge in [0.1, 0.15) is 0 Å². The topological polar surface area (TPSA) is 44.4 Å². The van der Waals surface area contributed by atoms with E-state index in [1.54, 1.807) is 0 Å². The highest BCUT2D eigenvalue weighted by Gasteiger charge is 2.38. The van der Waals surface area contributed by atoms with Crippen LogP contribution in [-0.4, -0.2) is 50.1 Å². The van der Waals surface area contributed by atoms with Crippen LogP contribution < -0.4 is 10.6 Å². The van der Waals surface area contributed by atoms with Crippen molar-refractivity contribution in [2.24, 2.45) is 0 Å². The molecule has 1 amide bonds. The zero-order chi connectivity index (χ0) is 11.3. The van der Waals surface area contributed by atoms with Gasteiger partial charge in [-0.2, -0.15) is 0 Å². The molecule has 1 aliphatic rings. The predicted molar refractivity (Wildman–Crippen MR) is 61.8 cm³/mol. The van der Waals surface area contributed by atoms with Crippen LogP contribution >= 0.6 is 0 Å². The maximum Gasteiger partial charge on any atom is 0.233 e. The molecule has 4 nitrogen and oxygen atoms in total. The summed E-state index contributed by atoms with van der Waals surface area (Å²) in [6, 6.07) is 0. The van der Waals surface area contributed by atoms with E-state index in [0.717, 1.165) is 6.54 Å². The van der Waals surface area contributed by atoms with E-state index in [2.05, 4.69) is 29.6 Å². The second kappa shape index (κ2) is 5.47. The molecule has 0 heterocycles. The molecule has 15 heavy (non-hydrogen) atoms. The standard InChI is InChI=1S/C11H23N3O/c1-4-13-10(15)8-12-9-11(14(2)3)6-5-7-11/h12H,4-9H2,1-3H3,(H,13,15). The number of nitrogens with one attached hydrogen (secondary N) is 2. The summed E-state index contributed by atoms with van der Waals surface area (Å²) in [6.07, 6.45) is 3.78. The second-order valence-electron chi connectivity index (χ2n) is 4.53. The molecule has 0 spiro atoms. The fraction of sp³-hybridized carbons (Fsp3) is 0.909. The van der Waals surface area contributed by atoms with E-state index >= 15 is 0 Å². The lowest BCUT2D eigenvalue weighted by Crippen LogP contribution is -2.57. The molecule has 2 N–H and O–H groups in total. The number of rotatable bonds is 6. The van der Waals surface area contributed by atoms with Crippen molar-refractivity contribution in [3.63, 3.8) is 0 Å². The van der Waals surface area contributed by atoms with Crippen molar-refractivity contribution in [2.75, 3.05) is 33.7 Å². The van der Waals surface area contributed by atoms with Gasteiger partial charge in [-0.1, -0.05) is 0 Å². The van der Waals surface area contributed by atoms with E-state index in [1.807, 2.05) is 6.92 Å². The zero-order valence-corrected chi connectivity index (χ0v) is 10.1. The third kappa shape index (κ3) is 3.18. The van der Waals surface area contributed by atoms with Gasteiger partial charge in [0.25, 0.3) is 0 Å². The van der Waals surface area contributed by atoms with E-state index in [4.69, 9.17) is 0 Å². The van der Waals surface area contributed by atoms with Gasteiger partial charge in [0.15, 0.2) is 0 Å². The first-order valence-corrected chi connectivity index (χ1v) is 5.75. The molecular weight excluding hydrogens is 190 g/mol. The van der Waals surface area contributed by atoms with Crippen molar-refractivity contribution in [1.29, 1.82) is 0 Å². The fourth-order valence-corrected chi connectivity index (χ4v) is 2.04. The predicted octanol–water partition coefficient (Wildman–Crippen LogP) is 0.196. The molecule has 4 heteroatoms. The highest BCUT2D eigenvalue weighted by Crippen LogP contribution is 2.35. The number of hydrogen-bond acceptors (Lipinski definition) is 3. The van der Waals surface area contributed by atoms with Gasteiger partial charge in [-0.25, -0.2) is 0 Å². The molecule has 0 aromatic heterocycles. The van der Waals surface area contributed by atoms with Gasteiger partial charge >= 0.3 is 0 Å². The highest BCUT2D eigenvalue weighted by molar-refractivity contribution is 5.77. The monoisotopic (exact) mass is 213 g/mol. The van der Waals surface area contributed by atoms with Gasteiger partial charge in [-0.05, 0) is 40.3 Å². The summed E-state index contributed by atoms with van der Waals surface area (Å²) in [5, 5.41) is 6.02. The van der Waals surface area contributed by atoms with E-state index in [1.165, 1.54) is 19.3 Å². The molecule has 1 fully saturated rings. The van der Waals surface area contributed by atoms with Crippen LogP contribution in [0.2, 0.25) is 0 Å². The van der Waals surface area contributed by atoms with Crippen LogP contribution in [0.5, 0.6) is 0 Å². The van der Waals surface area contributed by atoms with E-state index in [0.29, 0.717) is 18.6 Å². The van der Waals surface area contributed by atoms with Gasteiger partial charge in [-0.15, -0.1) is 0 Å². The average molecular weight is 213 g/mol. The number of nitrogens with zero attached hydrogens (tertiary/aromatic N) is 1. The third-order valence-electron chi connectivity index (χ3n) is 3.35. The minimum atomic E-state index is 0.0886. The van der Waals surface area contributed by atoms with Gasteiger partial charge < -0.3 is 15.5 Å². The summed E-state index contributed by atoms with van der Waals surface area (Å²) in [7, 11) is 4.24. The number of likely N-dealkylation sites (N-methyl/N-ethyl adjacent to an activating group) is 2. The van der Waals surface area contributed by atoms with Crippen molar-refractivity contribution in [2.45, 2.75) is 31.7 Å². The number of hydrogen-bond donors (Lipinski definition) is 2. The van der Waals surface area contributed by atoms with Crippen LogP contribution in [0.4, 0.5) is 0 Å². The van der Waals surface area contributed by atoms with Crippen molar-refractivity contribution in [1.82, 2.24) is 15.5 Å². The van der Waals surface area contributed by atoms with Crippen LogP contribution in [0.3, 0.4) is 0 Å². The van der Waals surface area contributed by atoms with Crippen LogP contribution in [0, 0.1) is 0 Å². The molecule has 1 saturated carbocycles. The SMILES string of the molecule is CCNC(=O)CNCC1(N(C)C)CCC1. The first-order chi connectivity index (χ1) is 7.10. The summed E-state index contributed by atoms with van der Waals surface area (Å²) in [4.78, 5) is 13.5. The molecule has 0 aliphatic heterocycles. The molecule has 1 rings (SSSR count). The number of amides is 1. The Labute approximate surface area is 92.4 Å². The molecule has 88 valence electrons. The van der Waals surface area contributed by atoms with Gasteiger partial charge in [0, 0.05) is 18.6 Å². The van der Waals surface area contributed by atoms with E-state index in [9.17, 15) is 4.79 Å². The Morgan fingerprint density at radius 3 is 2.47 bits per heavy atom. The smallest absolute Gasteiger partial charge is 0.233 e. The maximum absolute atomic E-state index is 11.2. The molecule has 0 atom stereocenters. The van der Waals surface area contributed by atoms with Crippen molar-refractivity contribution < 1.29 is 4.79 Å². The van der Waals surface area contributed by atoms with Gasteiger partial charge in [0.2, 0.25) is 5.91 Å². The Balaban J connectivity index is 2.21. The van der Waals surface area contributed by atoms with Crippen molar-refractivity contribution in [3.05, 3.63) is 0 Å². The molecule has 0 unspecified atom stereocenters. The lowest BCUT2D eigenvalue weighted by molar-refractivity contribution is -0.120. The lowest BCUT2D eigenvalue weighted by Gasteiger charge is -2.47. The summed E-state index contributed by atoms with van der Waals surface area (Å²) in [5.41, 5.74) is 0.298. The Kier molecular flexibility index (Phi) is 4.54. The summed E-state index contributed by atoms with van der Waals surface area (Å²) < 4.78 is 0. The Bertz CT molecular complexity index is 212. The lowest BCUT2D eigenvalue weighted by atomic mass is 9.75. The average Bonchev–Trinajstić information content (AvgIpc) is 2.09. The van der Waals surface area contributed by atoms with Gasteiger partial charge in [-0.3, -0.25) is 4.79 Å². The number of carbonyl (C=O) groups excluding carboxylic acids is 1. The largest absolute Gasteiger partial charge is 0.355 e. The summed E-state index contributed by atoms with van der Waals surface area (Å²) in [5.74, 6) is 0.0886. The van der Waals surface area contributed by atoms with E-state index < -0.39 is 0 Å². The Hall–Kier alpha value is -0.610. The molecular formula is C11H23N3O. The van der Waals surface area contributed by atoms with Crippen LogP contribution in [0.15, 0.2) is 0 Å². The van der Waals surface area contributed by atoms with Crippen LogP contribution in [0.25, 0.3) is 0 Å². The minimum Gasteiger partial charge on any atom is -0.355 e. The molecule has 0 aromatic carbocycles. The first kappa shape index (κ1) is 12.5. The summed E-state index contributed by atoms with van der Waals surface area (Å²) in [6.45, 7) is 3.99. The minimum absolute atomic E-state index is 0.0886. The van der Waals surface area contributed by atoms with Crippen molar-refractivity contribution in [3.8, 4) is 0 Å². The van der Waals surface area contributed by atoms with Gasteiger partial charge in [0.05, 0.1) is 6.54 Å². The number of carbonyl (C=O) groups is 1. The Morgan fingerprint density at radius 1 is 1.40 bits per heavy atom. The first-order valence-electron chi connectivity index (χ1n) is 5.75.